The van der Waals surface area contributed by atoms with Crippen LogP contribution in [0, 0.1) is 5.92 Å². The van der Waals surface area contributed by atoms with Gasteiger partial charge in [-0.3, -0.25) is 4.79 Å². The number of halogens is 1. The Morgan fingerprint density at radius 3 is 3.12 bits per heavy atom. The van der Waals surface area contributed by atoms with Gasteiger partial charge in [-0.05, 0) is 30.0 Å². The summed E-state index contributed by atoms with van der Waals surface area (Å²) in [6.45, 7) is 0.275. The molecule has 0 spiro atoms. The van der Waals surface area contributed by atoms with Crippen molar-refractivity contribution >= 4 is 17.5 Å². The molecule has 0 radical (unpaired) electrons. The second kappa shape index (κ2) is 4.85. The SMILES string of the molecule is COCNC(=O)C1CC1c1cccc(Cl)c1. The van der Waals surface area contributed by atoms with Gasteiger partial charge in [-0.25, -0.2) is 0 Å². The third-order valence-corrected chi connectivity index (χ3v) is 3.03. The predicted molar refractivity (Wildman–Crippen MR) is 62.3 cm³/mol. The number of hydrogen-bond acceptors (Lipinski definition) is 2. The van der Waals surface area contributed by atoms with Gasteiger partial charge in [0.25, 0.3) is 0 Å². The van der Waals surface area contributed by atoms with Gasteiger partial charge in [-0.2, -0.15) is 0 Å². The molecule has 1 aliphatic carbocycles. The van der Waals surface area contributed by atoms with Crippen molar-refractivity contribution in [2.75, 3.05) is 13.8 Å². The second-order valence-corrected chi connectivity index (χ2v) is 4.41. The van der Waals surface area contributed by atoms with Gasteiger partial charge in [0, 0.05) is 18.1 Å². The minimum atomic E-state index is 0.0619. The van der Waals surface area contributed by atoms with E-state index in [2.05, 4.69) is 5.32 Å². The van der Waals surface area contributed by atoms with E-state index in [1.54, 1.807) is 7.11 Å². The summed E-state index contributed by atoms with van der Waals surface area (Å²) < 4.78 is 4.80. The molecule has 1 aromatic carbocycles. The number of ether oxygens (including phenoxy) is 1. The molecule has 3 nitrogen and oxygen atoms in total. The van der Waals surface area contributed by atoms with Gasteiger partial charge < -0.3 is 10.1 Å². The number of nitrogens with one attached hydrogen (secondary N) is 1. The Balaban J connectivity index is 1.93. The van der Waals surface area contributed by atoms with Crippen LogP contribution in [-0.4, -0.2) is 19.7 Å². The highest BCUT2D eigenvalue weighted by Crippen LogP contribution is 2.47. The molecule has 1 saturated carbocycles. The fourth-order valence-corrected chi connectivity index (χ4v) is 2.06. The molecule has 1 aromatic rings. The van der Waals surface area contributed by atoms with Crippen LogP contribution in [0.15, 0.2) is 24.3 Å². The molecule has 1 N–H and O–H groups in total. The van der Waals surface area contributed by atoms with E-state index < -0.39 is 0 Å². The van der Waals surface area contributed by atoms with Crippen molar-refractivity contribution in [3.05, 3.63) is 34.9 Å². The molecule has 2 unspecified atom stereocenters. The monoisotopic (exact) mass is 239 g/mol. The Kier molecular flexibility index (Phi) is 3.46. The maximum atomic E-state index is 11.6. The quantitative estimate of drug-likeness (QED) is 0.818. The molecule has 16 heavy (non-hydrogen) atoms. The lowest BCUT2D eigenvalue weighted by Gasteiger charge is -2.03. The van der Waals surface area contributed by atoms with Crippen molar-refractivity contribution in [2.45, 2.75) is 12.3 Å². The normalized spacial score (nSPS) is 22.9. The van der Waals surface area contributed by atoms with Gasteiger partial charge in [0.15, 0.2) is 0 Å². The van der Waals surface area contributed by atoms with Crippen molar-refractivity contribution in [3.8, 4) is 0 Å². The molecular formula is C12H14ClNO2. The maximum absolute atomic E-state index is 11.6. The van der Waals surface area contributed by atoms with Gasteiger partial charge in [-0.15, -0.1) is 0 Å². The number of hydrogen-bond donors (Lipinski definition) is 1. The van der Waals surface area contributed by atoms with Crippen LogP contribution < -0.4 is 5.32 Å². The average molecular weight is 240 g/mol. The topological polar surface area (TPSA) is 38.3 Å². The smallest absolute Gasteiger partial charge is 0.225 e. The zero-order valence-electron chi connectivity index (χ0n) is 9.07. The summed E-state index contributed by atoms with van der Waals surface area (Å²) in [6.07, 6.45) is 0.899. The Morgan fingerprint density at radius 2 is 2.44 bits per heavy atom. The summed E-state index contributed by atoms with van der Waals surface area (Å²) in [5, 5.41) is 3.44. The van der Waals surface area contributed by atoms with Crippen LogP contribution in [0.5, 0.6) is 0 Å². The minimum Gasteiger partial charge on any atom is -0.364 e. The number of carbonyl (C=O) groups is 1. The van der Waals surface area contributed by atoms with E-state index in [0.29, 0.717) is 5.92 Å². The van der Waals surface area contributed by atoms with Crippen molar-refractivity contribution in [1.82, 2.24) is 5.32 Å². The highest BCUT2D eigenvalue weighted by molar-refractivity contribution is 6.30. The summed E-state index contributed by atoms with van der Waals surface area (Å²) in [6, 6.07) is 7.70. The Labute approximate surface area is 99.7 Å². The Hall–Kier alpha value is -1.06. The van der Waals surface area contributed by atoms with Gasteiger partial charge >= 0.3 is 0 Å². The molecule has 1 amide bonds. The van der Waals surface area contributed by atoms with Crippen LogP contribution in [0.2, 0.25) is 5.02 Å². The van der Waals surface area contributed by atoms with E-state index in [4.69, 9.17) is 16.3 Å². The number of carbonyl (C=O) groups excluding carboxylic acids is 1. The molecule has 4 heteroatoms. The molecule has 2 rings (SSSR count). The number of rotatable bonds is 4. The summed E-state index contributed by atoms with van der Waals surface area (Å²) in [5.41, 5.74) is 1.14. The van der Waals surface area contributed by atoms with Crippen molar-refractivity contribution in [2.24, 2.45) is 5.92 Å². The fraction of sp³-hybridized carbons (Fsp3) is 0.417. The first-order valence-electron chi connectivity index (χ1n) is 5.24. The Morgan fingerprint density at radius 1 is 1.62 bits per heavy atom. The molecule has 0 saturated heterocycles. The molecule has 0 aromatic heterocycles. The molecule has 1 fully saturated rings. The zero-order chi connectivity index (χ0) is 11.5. The lowest BCUT2D eigenvalue weighted by Crippen LogP contribution is -2.27. The van der Waals surface area contributed by atoms with Crippen LogP contribution in [0.3, 0.4) is 0 Å². The van der Waals surface area contributed by atoms with Crippen LogP contribution in [0.25, 0.3) is 0 Å². The first kappa shape index (κ1) is 11.4. The lowest BCUT2D eigenvalue weighted by atomic mass is 10.1. The summed E-state index contributed by atoms with van der Waals surface area (Å²) in [4.78, 5) is 11.6. The third-order valence-electron chi connectivity index (χ3n) is 2.79. The molecule has 1 aliphatic rings. The predicted octanol–water partition coefficient (Wildman–Crippen LogP) is 2.16. The zero-order valence-corrected chi connectivity index (χ0v) is 9.83. The van der Waals surface area contributed by atoms with E-state index in [1.165, 1.54) is 0 Å². The summed E-state index contributed by atoms with van der Waals surface area (Å²) in [7, 11) is 1.56. The minimum absolute atomic E-state index is 0.0619. The van der Waals surface area contributed by atoms with Crippen LogP contribution >= 0.6 is 11.6 Å². The molecule has 86 valence electrons. The van der Waals surface area contributed by atoms with Crippen molar-refractivity contribution in [3.63, 3.8) is 0 Å². The van der Waals surface area contributed by atoms with Gasteiger partial charge in [0.2, 0.25) is 5.91 Å². The third kappa shape index (κ3) is 2.54. The van der Waals surface area contributed by atoms with Gasteiger partial charge in [-0.1, -0.05) is 23.7 Å². The first-order chi connectivity index (χ1) is 7.72. The van der Waals surface area contributed by atoms with Gasteiger partial charge in [0.05, 0.1) is 0 Å². The lowest BCUT2D eigenvalue weighted by molar-refractivity contribution is -0.123. The molecule has 2 atom stereocenters. The number of benzene rings is 1. The van der Waals surface area contributed by atoms with E-state index in [1.807, 2.05) is 24.3 Å². The number of methoxy groups -OCH3 is 1. The summed E-state index contributed by atoms with van der Waals surface area (Å²) in [5.74, 6) is 0.455. The largest absolute Gasteiger partial charge is 0.364 e. The highest BCUT2D eigenvalue weighted by atomic mass is 35.5. The van der Waals surface area contributed by atoms with Crippen molar-refractivity contribution in [1.29, 1.82) is 0 Å². The standard InChI is InChI=1S/C12H14ClNO2/c1-16-7-14-12(15)11-6-10(11)8-3-2-4-9(13)5-8/h2-5,10-11H,6-7H2,1H3,(H,14,15). The Bertz CT molecular complexity index is 394. The summed E-state index contributed by atoms with van der Waals surface area (Å²) >= 11 is 5.91. The van der Waals surface area contributed by atoms with E-state index in [-0.39, 0.29) is 18.6 Å². The number of amides is 1. The van der Waals surface area contributed by atoms with Crippen LogP contribution in [0.4, 0.5) is 0 Å². The molecule has 0 heterocycles. The molecular weight excluding hydrogens is 226 g/mol. The molecule has 0 bridgehead atoms. The van der Waals surface area contributed by atoms with Crippen molar-refractivity contribution < 1.29 is 9.53 Å². The van der Waals surface area contributed by atoms with E-state index >= 15 is 0 Å². The average Bonchev–Trinajstić information content (AvgIpc) is 3.06. The van der Waals surface area contributed by atoms with E-state index in [9.17, 15) is 4.79 Å². The fourth-order valence-electron chi connectivity index (χ4n) is 1.86. The highest BCUT2D eigenvalue weighted by Gasteiger charge is 2.43. The first-order valence-corrected chi connectivity index (χ1v) is 5.62. The molecule has 0 aliphatic heterocycles. The second-order valence-electron chi connectivity index (χ2n) is 3.98. The maximum Gasteiger partial charge on any atom is 0.225 e. The van der Waals surface area contributed by atoms with Crippen LogP contribution in [0.1, 0.15) is 17.9 Å². The van der Waals surface area contributed by atoms with Crippen LogP contribution in [-0.2, 0) is 9.53 Å². The van der Waals surface area contributed by atoms with E-state index in [0.717, 1.165) is 17.0 Å². The van der Waals surface area contributed by atoms with Gasteiger partial charge in [0.1, 0.15) is 6.73 Å².